The van der Waals surface area contributed by atoms with E-state index in [0.717, 1.165) is 5.56 Å². The molecule has 0 aliphatic rings. The largest absolute Gasteiger partial charge is 0.389 e. The van der Waals surface area contributed by atoms with E-state index < -0.39 is 11.7 Å². The second-order valence-electron chi connectivity index (χ2n) is 6.21. The molecule has 1 rings (SSSR count). The van der Waals surface area contributed by atoms with Crippen LogP contribution in [0.3, 0.4) is 0 Å². The van der Waals surface area contributed by atoms with Crippen molar-refractivity contribution in [3.63, 3.8) is 0 Å². The van der Waals surface area contributed by atoms with Gasteiger partial charge >= 0.3 is 0 Å². The van der Waals surface area contributed by atoms with Crippen LogP contribution in [-0.4, -0.2) is 42.6 Å². The monoisotopic (exact) mass is 295 g/mol. The van der Waals surface area contributed by atoms with Crippen molar-refractivity contribution in [2.45, 2.75) is 44.8 Å². The van der Waals surface area contributed by atoms with Crippen LogP contribution in [0.4, 0.5) is 0 Å². The molecule has 0 amide bonds. The molecular formula is C17H29NO3. The van der Waals surface area contributed by atoms with Crippen LogP contribution in [0, 0.1) is 0 Å². The third kappa shape index (κ3) is 6.57. The van der Waals surface area contributed by atoms with Crippen LogP contribution in [0.25, 0.3) is 0 Å². The Morgan fingerprint density at radius 3 is 2.29 bits per heavy atom. The molecule has 1 aromatic rings. The molecule has 21 heavy (non-hydrogen) atoms. The number of aliphatic hydroxyl groups excluding tert-OH is 1. The number of aliphatic hydroxyl groups is 2. The molecule has 0 radical (unpaired) electrons. The fraction of sp³-hybridized carbons (Fsp3) is 0.647. The SMILES string of the molecule is COCCC(C)(O)CNCC(O)c1ccc(C(C)C)cc1. The topological polar surface area (TPSA) is 61.7 Å². The van der Waals surface area contributed by atoms with Gasteiger partial charge < -0.3 is 20.3 Å². The van der Waals surface area contributed by atoms with Gasteiger partial charge in [0.05, 0.1) is 11.7 Å². The smallest absolute Gasteiger partial charge is 0.0914 e. The standard InChI is InChI=1S/C17H29NO3/c1-13(2)14-5-7-15(8-6-14)16(19)11-18-12-17(3,20)9-10-21-4/h5-8,13,16,18-20H,9-12H2,1-4H3. The van der Waals surface area contributed by atoms with Crippen molar-refractivity contribution in [1.82, 2.24) is 5.32 Å². The fourth-order valence-electron chi connectivity index (χ4n) is 2.11. The fourth-order valence-corrected chi connectivity index (χ4v) is 2.11. The second kappa shape index (κ2) is 8.49. The molecule has 120 valence electrons. The van der Waals surface area contributed by atoms with Gasteiger partial charge in [0.15, 0.2) is 0 Å². The minimum absolute atomic E-state index is 0.421. The quantitative estimate of drug-likeness (QED) is 0.654. The number of hydrogen-bond acceptors (Lipinski definition) is 4. The van der Waals surface area contributed by atoms with E-state index >= 15 is 0 Å². The first-order chi connectivity index (χ1) is 9.85. The Labute approximate surface area is 128 Å². The zero-order valence-electron chi connectivity index (χ0n) is 13.6. The number of methoxy groups -OCH3 is 1. The van der Waals surface area contributed by atoms with Crippen LogP contribution >= 0.6 is 0 Å². The van der Waals surface area contributed by atoms with E-state index in [1.807, 2.05) is 12.1 Å². The van der Waals surface area contributed by atoms with Crippen molar-refractivity contribution >= 4 is 0 Å². The van der Waals surface area contributed by atoms with Crippen LogP contribution in [0.5, 0.6) is 0 Å². The summed E-state index contributed by atoms with van der Waals surface area (Å²) in [6, 6.07) is 8.03. The molecule has 3 N–H and O–H groups in total. The summed E-state index contributed by atoms with van der Waals surface area (Å²) >= 11 is 0. The van der Waals surface area contributed by atoms with Crippen LogP contribution in [0.1, 0.15) is 50.3 Å². The highest BCUT2D eigenvalue weighted by Crippen LogP contribution is 2.18. The number of ether oxygens (including phenoxy) is 1. The predicted molar refractivity (Wildman–Crippen MR) is 85.5 cm³/mol. The Balaban J connectivity index is 2.41. The highest BCUT2D eigenvalue weighted by Gasteiger charge is 2.20. The Kier molecular flexibility index (Phi) is 7.32. The Hall–Kier alpha value is -0.940. The first-order valence-corrected chi connectivity index (χ1v) is 7.55. The normalized spacial score (nSPS) is 16.0. The first kappa shape index (κ1) is 18.1. The highest BCUT2D eigenvalue weighted by molar-refractivity contribution is 5.26. The summed E-state index contributed by atoms with van der Waals surface area (Å²) in [7, 11) is 1.62. The van der Waals surface area contributed by atoms with E-state index in [0.29, 0.717) is 32.0 Å². The lowest BCUT2D eigenvalue weighted by atomic mass is 9.99. The number of benzene rings is 1. The van der Waals surface area contributed by atoms with Crippen LogP contribution in [0.2, 0.25) is 0 Å². The molecule has 0 spiro atoms. The summed E-state index contributed by atoms with van der Waals surface area (Å²) in [6.07, 6.45) is -0.000176. The van der Waals surface area contributed by atoms with E-state index in [9.17, 15) is 10.2 Å². The zero-order valence-corrected chi connectivity index (χ0v) is 13.6. The Morgan fingerprint density at radius 2 is 1.76 bits per heavy atom. The van der Waals surface area contributed by atoms with Crippen molar-refractivity contribution < 1.29 is 14.9 Å². The highest BCUT2D eigenvalue weighted by atomic mass is 16.5. The average molecular weight is 295 g/mol. The minimum Gasteiger partial charge on any atom is -0.389 e. The molecule has 0 saturated carbocycles. The van der Waals surface area contributed by atoms with E-state index in [1.54, 1.807) is 14.0 Å². The molecule has 1 aromatic carbocycles. The van der Waals surface area contributed by atoms with E-state index in [-0.39, 0.29) is 0 Å². The third-order valence-electron chi connectivity index (χ3n) is 3.68. The predicted octanol–water partition coefficient (Wildman–Crippen LogP) is 2.22. The first-order valence-electron chi connectivity index (χ1n) is 7.55. The molecule has 4 heteroatoms. The zero-order chi connectivity index (χ0) is 15.9. The maximum Gasteiger partial charge on any atom is 0.0914 e. The molecule has 0 heterocycles. The molecule has 4 nitrogen and oxygen atoms in total. The molecular weight excluding hydrogens is 266 g/mol. The van der Waals surface area contributed by atoms with Gasteiger partial charge in [-0.05, 0) is 24.0 Å². The van der Waals surface area contributed by atoms with Gasteiger partial charge in [-0.1, -0.05) is 38.1 Å². The third-order valence-corrected chi connectivity index (χ3v) is 3.68. The molecule has 0 aromatic heterocycles. The van der Waals surface area contributed by atoms with Crippen LogP contribution < -0.4 is 5.32 Å². The van der Waals surface area contributed by atoms with Crippen molar-refractivity contribution in [2.24, 2.45) is 0 Å². The van der Waals surface area contributed by atoms with Crippen LogP contribution in [0.15, 0.2) is 24.3 Å². The van der Waals surface area contributed by atoms with Gasteiger partial charge in [-0.2, -0.15) is 0 Å². The summed E-state index contributed by atoms with van der Waals surface area (Å²) in [5, 5.41) is 23.4. The minimum atomic E-state index is -0.822. The number of nitrogens with one attached hydrogen (secondary N) is 1. The van der Waals surface area contributed by atoms with Crippen LogP contribution in [-0.2, 0) is 4.74 Å². The van der Waals surface area contributed by atoms with Gasteiger partial charge in [0.25, 0.3) is 0 Å². The molecule has 0 aliphatic carbocycles. The lowest BCUT2D eigenvalue weighted by Crippen LogP contribution is -2.40. The van der Waals surface area contributed by atoms with E-state index in [1.165, 1.54) is 5.56 Å². The lowest BCUT2D eigenvalue weighted by Gasteiger charge is -2.24. The Bertz CT molecular complexity index is 401. The van der Waals surface area contributed by atoms with Crippen molar-refractivity contribution in [2.75, 3.05) is 26.8 Å². The van der Waals surface area contributed by atoms with Gasteiger partial charge in [0, 0.05) is 33.2 Å². The number of hydrogen-bond donors (Lipinski definition) is 3. The van der Waals surface area contributed by atoms with Crippen molar-refractivity contribution in [1.29, 1.82) is 0 Å². The summed E-state index contributed by atoms with van der Waals surface area (Å²) in [5.74, 6) is 0.491. The maximum absolute atomic E-state index is 10.2. The molecule has 2 atom stereocenters. The van der Waals surface area contributed by atoms with Crippen molar-refractivity contribution in [3.05, 3.63) is 35.4 Å². The van der Waals surface area contributed by atoms with Gasteiger partial charge in [0.2, 0.25) is 0 Å². The lowest BCUT2D eigenvalue weighted by molar-refractivity contribution is 0.0225. The summed E-state index contributed by atoms with van der Waals surface area (Å²) < 4.78 is 4.97. The molecule has 2 unspecified atom stereocenters. The Morgan fingerprint density at radius 1 is 1.19 bits per heavy atom. The molecule has 0 fully saturated rings. The summed E-state index contributed by atoms with van der Waals surface area (Å²) in [6.45, 7) is 7.43. The van der Waals surface area contributed by atoms with Gasteiger partial charge in [-0.25, -0.2) is 0 Å². The molecule has 0 aliphatic heterocycles. The van der Waals surface area contributed by atoms with Gasteiger partial charge in [0.1, 0.15) is 0 Å². The molecule has 0 saturated heterocycles. The van der Waals surface area contributed by atoms with Gasteiger partial charge in [-0.15, -0.1) is 0 Å². The maximum atomic E-state index is 10.2. The number of rotatable bonds is 9. The average Bonchev–Trinajstić information content (AvgIpc) is 2.45. The van der Waals surface area contributed by atoms with Crippen molar-refractivity contribution in [3.8, 4) is 0 Å². The summed E-state index contributed by atoms with van der Waals surface area (Å²) in [4.78, 5) is 0. The van der Waals surface area contributed by atoms with E-state index in [2.05, 4.69) is 31.3 Å². The van der Waals surface area contributed by atoms with Gasteiger partial charge in [-0.3, -0.25) is 0 Å². The summed E-state index contributed by atoms with van der Waals surface area (Å²) in [5.41, 5.74) is 1.34. The van der Waals surface area contributed by atoms with E-state index in [4.69, 9.17) is 4.74 Å². The second-order valence-corrected chi connectivity index (χ2v) is 6.21. The molecule has 0 bridgehead atoms.